The van der Waals surface area contributed by atoms with Crippen LogP contribution in [0.4, 0.5) is 10.8 Å². The summed E-state index contributed by atoms with van der Waals surface area (Å²) in [5, 5.41) is 9.16. The number of hydrogen-bond acceptors (Lipinski definition) is 7. The van der Waals surface area contributed by atoms with Crippen LogP contribution in [0.5, 0.6) is 0 Å². The molecule has 8 heteroatoms. The van der Waals surface area contributed by atoms with Crippen molar-refractivity contribution in [2.45, 2.75) is 46.1 Å². The van der Waals surface area contributed by atoms with Crippen LogP contribution in [0, 0.1) is 5.41 Å². The van der Waals surface area contributed by atoms with Gasteiger partial charge in [0.15, 0.2) is 16.7 Å². The van der Waals surface area contributed by atoms with Gasteiger partial charge in [0.2, 0.25) is 0 Å². The third-order valence-corrected chi connectivity index (χ3v) is 6.17. The van der Waals surface area contributed by atoms with E-state index in [1.807, 2.05) is 44.2 Å². The van der Waals surface area contributed by atoms with E-state index in [0.717, 1.165) is 11.4 Å². The predicted molar refractivity (Wildman–Crippen MR) is 113 cm³/mol. The van der Waals surface area contributed by atoms with Gasteiger partial charge in [-0.3, -0.25) is 24.7 Å². The fourth-order valence-corrected chi connectivity index (χ4v) is 4.64. The van der Waals surface area contributed by atoms with Gasteiger partial charge in [0.1, 0.15) is 11.8 Å². The molecule has 1 aromatic carbocycles. The normalized spacial score (nSPS) is 20.2. The highest BCUT2D eigenvalue weighted by molar-refractivity contribution is 7.17. The van der Waals surface area contributed by atoms with Gasteiger partial charge >= 0.3 is 0 Å². The summed E-state index contributed by atoms with van der Waals surface area (Å²) in [4.78, 5) is 42.3. The van der Waals surface area contributed by atoms with Gasteiger partial charge in [0.25, 0.3) is 5.91 Å². The number of aromatic nitrogens is 1. The Morgan fingerprint density at radius 1 is 1.21 bits per heavy atom. The van der Waals surface area contributed by atoms with Crippen molar-refractivity contribution in [3.05, 3.63) is 40.9 Å². The first-order valence-corrected chi connectivity index (χ1v) is 10.3. The molecule has 0 saturated carbocycles. The van der Waals surface area contributed by atoms with Crippen molar-refractivity contribution >= 4 is 45.3 Å². The number of rotatable bonds is 4. The average molecular weight is 410 g/mol. The van der Waals surface area contributed by atoms with Crippen LogP contribution in [0.2, 0.25) is 0 Å². The SMILES string of the molecule is CC(=O)C1CC(C(=O)Nc2nc3c(s2)C(=O)CC(C)(C)C3)=NN1c1ccccc1. The van der Waals surface area contributed by atoms with Gasteiger partial charge in [-0.2, -0.15) is 5.10 Å². The molecule has 29 heavy (non-hydrogen) atoms. The van der Waals surface area contributed by atoms with Crippen molar-refractivity contribution in [1.82, 2.24) is 4.98 Å². The van der Waals surface area contributed by atoms with Gasteiger partial charge in [0.05, 0.1) is 16.3 Å². The average Bonchev–Trinajstić information content (AvgIpc) is 3.26. The molecule has 1 aliphatic carbocycles. The molecule has 1 aromatic heterocycles. The van der Waals surface area contributed by atoms with Crippen molar-refractivity contribution < 1.29 is 14.4 Å². The number of hydrogen-bond donors (Lipinski definition) is 1. The Labute approximate surface area is 172 Å². The summed E-state index contributed by atoms with van der Waals surface area (Å²) in [5.74, 6) is -0.384. The van der Waals surface area contributed by atoms with Crippen molar-refractivity contribution in [2.24, 2.45) is 10.5 Å². The minimum Gasteiger partial charge on any atom is -0.298 e. The summed E-state index contributed by atoms with van der Waals surface area (Å²) in [6, 6.07) is 8.79. The van der Waals surface area contributed by atoms with E-state index in [4.69, 9.17) is 0 Å². The zero-order chi connectivity index (χ0) is 20.8. The van der Waals surface area contributed by atoms with Crippen LogP contribution < -0.4 is 10.3 Å². The molecule has 1 unspecified atom stereocenters. The van der Waals surface area contributed by atoms with Crippen LogP contribution in [0.3, 0.4) is 0 Å². The second-order valence-electron chi connectivity index (χ2n) is 8.25. The molecule has 1 amide bonds. The Morgan fingerprint density at radius 2 is 1.93 bits per heavy atom. The molecule has 0 bridgehead atoms. The van der Waals surface area contributed by atoms with Crippen LogP contribution in [0.15, 0.2) is 35.4 Å². The molecule has 7 nitrogen and oxygen atoms in total. The third-order valence-electron chi connectivity index (χ3n) is 5.12. The maximum atomic E-state index is 12.8. The molecule has 0 saturated heterocycles. The van der Waals surface area contributed by atoms with E-state index in [-0.39, 0.29) is 29.1 Å². The lowest BCUT2D eigenvalue weighted by Crippen LogP contribution is -2.33. The zero-order valence-electron chi connectivity index (χ0n) is 16.6. The summed E-state index contributed by atoms with van der Waals surface area (Å²) in [6.07, 6.45) is 1.41. The number of anilines is 2. The van der Waals surface area contributed by atoms with E-state index in [9.17, 15) is 14.4 Å². The first kappa shape index (κ1) is 19.4. The number of thiazole rings is 1. The van der Waals surface area contributed by atoms with E-state index in [1.54, 1.807) is 5.01 Å². The van der Waals surface area contributed by atoms with Crippen LogP contribution in [-0.4, -0.2) is 34.2 Å². The second-order valence-corrected chi connectivity index (χ2v) is 9.25. The number of carbonyl (C=O) groups is 3. The van der Waals surface area contributed by atoms with Crippen molar-refractivity contribution in [3.63, 3.8) is 0 Å². The van der Waals surface area contributed by atoms with Crippen LogP contribution in [-0.2, 0) is 16.0 Å². The molecule has 0 fully saturated rings. The molecule has 4 rings (SSSR count). The Bertz CT molecular complexity index is 1030. The monoisotopic (exact) mass is 410 g/mol. The van der Waals surface area contributed by atoms with E-state index in [2.05, 4.69) is 15.4 Å². The fourth-order valence-electron chi connectivity index (χ4n) is 3.73. The fraction of sp³-hybridized carbons (Fsp3) is 0.381. The van der Waals surface area contributed by atoms with Crippen molar-refractivity contribution in [1.29, 1.82) is 0 Å². The van der Waals surface area contributed by atoms with Gasteiger partial charge in [-0.25, -0.2) is 4.98 Å². The number of carbonyl (C=O) groups excluding carboxylic acids is 3. The molecule has 0 spiro atoms. The van der Waals surface area contributed by atoms with Crippen LogP contribution in [0.25, 0.3) is 0 Å². The number of ketones is 2. The Hall–Kier alpha value is -2.87. The lowest BCUT2D eigenvalue weighted by atomic mass is 9.78. The van der Waals surface area contributed by atoms with Crippen LogP contribution in [0.1, 0.15) is 49.0 Å². The van der Waals surface area contributed by atoms with Gasteiger partial charge in [0, 0.05) is 12.8 Å². The predicted octanol–water partition coefficient (Wildman–Crippen LogP) is 3.46. The number of Topliss-reactive ketones (excluding diaryl/α,β-unsaturated/α-hetero) is 2. The number of para-hydroxylation sites is 1. The highest BCUT2D eigenvalue weighted by atomic mass is 32.1. The Morgan fingerprint density at radius 3 is 2.62 bits per heavy atom. The number of amides is 1. The Balaban J connectivity index is 1.55. The van der Waals surface area contributed by atoms with E-state index in [0.29, 0.717) is 22.9 Å². The highest BCUT2D eigenvalue weighted by Crippen LogP contribution is 2.38. The molecule has 1 atom stereocenters. The van der Waals surface area contributed by atoms with E-state index in [1.165, 1.54) is 18.3 Å². The Kier molecular flexibility index (Phi) is 4.82. The highest BCUT2D eigenvalue weighted by Gasteiger charge is 2.36. The number of benzene rings is 1. The smallest absolute Gasteiger partial charge is 0.273 e. The largest absolute Gasteiger partial charge is 0.298 e. The van der Waals surface area contributed by atoms with Crippen molar-refractivity contribution in [3.8, 4) is 0 Å². The van der Waals surface area contributed by atoms with E-state index < -0.39 is 11.9 Å². The minimum atomic E-state index is -0.509. The summed E-state index contributed by atoms with van der Waals surface area (Å²) in [6.45, 7) is 5.58. The van der Waals surface area contributed by atoms with Gasteiger partial charge < -0.3 is 0 Å². The second kappa shape index (κ2) is 7.18. The summed E-state index contributed by atoms with van der Waals surface area (Å²) >= 11 is 1.21. The number of nitrogens with one attached hydrogen (secondary N) is 1. The first-order valence-electron chi connectivity index (χ1n) is 9.50. The molecule has 2 heterocycles. The standard InChI is InChI=1S/C21H22N4O3S/c1-12(26)16-9-14(24-25(16)13-7-5-4-6-8-13)19(28)23-20-22-15-10-21(2,3)11-17(27)18(15)29-20/h4-8,16H,9-11H2,1-3H3,(H,22,23,28). The minimum absolute atomic E-state index is 0.0575. The van der Waals surface area contributed by atoms with Crippen LogP contribution >= 0.6 is 11.3 Å². The molecular formula is C21H22N4O3S. The summed E-state index contributed by atoms with van der Waals surface area (Å²) < 4.78 is 0. The van der Waals surface area contributed by atoms with Gasteiger partial charge in [-0.1, -0.05) is 43.4 Å². The quantitative estimate of drug-likeness (QED) is 0.833. The maximum absolute atomic E-state index is 12.8. The number of hydrazone groups is 1. The molecule has 0 radical (unpaired) electrons. The third kappa shape index (κ3) is 3.85. The zero-order valence-corrected chi connectivity index (χ0v) is 17.4. The topological polar surface area (TPSA) is 91.7 Å². The van der Waals surface area contributed by atoms with Gasteiger partial charge in [-0.05, 0) is 30.9 Å². The summed E-state index contributed by atoms with van der Waals surface area (Å²) in [7, 11) is 0. The first-order chi connectivity index (χ1) is 13.7. The molecule has 2 aromatic rings. The summed E-state index contributed by atoms with van der Waals surface area (Å²) in [5.41, 5.74) is 1.65. The van der Waals surface area contributed by atoms with Crippen molar-refractivity contribution in [2.75, 3.05) is 10.3 Å². The van der Waals surface area contributed by atoms with Gasteiger partial charge in [-0.15, -0.1) is 0 Å². The van der Waals surface area contributed by atoms with E-state index >= 15 is 0 Å². The molecular weight excluding hydrogens is 388 g/mol. The number of nitrogens with zero attached hydrogens (tertiary/aromatic N) is 3. The molecule has 2 aliphatic rings. The molecule has 1 aliphatic heterocycles. The lowest BCUT2D eigenvalue weighted by molar-refractivity contribution is -0.118. The maximum Gasteiger partial charge on any atom is 0.273 e. The molecule has 150 valence electrons. The lowest BCUT2D eigenvalue weighted by Gasteiger charge is -2.26. The molecule has 1 N–H and O–H groups in total. The number of fused-ring (bicyclic) bond motifs is 1.